The summed E-state index contributed by atoms with van der Waals surface area (Å²) in [5.41, 5.74) is 4.71. The van der Waals surface area contributed by atoms with Gasteiger partial charge in [-0.3, -0.25) is 10.1 Å². The number of nitrogens with one attached hydrogen (secondary N) is 1. The van der Waals surface area contributed by atoms with E-state index in [4.69, 9.17) is 10.5 Å². The van der Waals surface area contributed by atoms with E-state index in [0.717, 1.165) is 0 Å². The molecule has 0 fully saturated rings. The van der Waals surface area contributed by atoms with E-state index in [-0.39, 0.29) is 6.61 Å². The molecule has 0 bridgehead atoms. The van der Waals surface area contributed by atoms with Crippen molar-refractivity contribution in [2.45, 2.75) is 0 Å². The SMILES string of the molecule is NC(=O)NC(=O)COc1ccc(F)cc1. The van der Waals surface area contributed by atoms with Crippen LogP contribution < -0.4 is 15.8 Å². The maximum atomic E-state index is 12.5. The van der Waals surface area contributed by atoms with Crippen LogP contribution in [0.5, 0.6) is 5.75 Å². The third-order valence-electron chi connectivity index (χ3n) is 1.45. The fourth-order valence-corrected chi connectivity index (χ4v) is 0.853. The van der Waals surface area contributed by atoms with Gasteiger partial charge in [0.1, 0.15) is 11.6 Å². The maximum absolute atomic E-state index is 12.5. The third-order valence-corrected chi connectivity index (χ3v) is 1.45. The number of primary amides is 1. The fraction of sp³-hybridized carbons (Fsp3) is 0.111. The number of halogens is 1. The molecule has 1 aromatic rings. The second-order valence-electron chi connectivity index (χ2n) is 2.66. The molecule has 80 valence electrons. The van der Waals surface area contributed by atoms with Gasteiger partial charge >= 0.3 is 6.03 Å². The Labute approximate surface area is 85.0 Å². The quantitative estimate of drug-likeness (QED) is 0.760. The summed E-state index contributed by atoms with van der Waals surface area (Å²) >= 11 is 0. The van der Waals surface area contributed by atoms with Gasteiger partial charge < -0.3 is 10.5 Å². The van der Waals surface area contributed by atoms with Crippen molar-refractivity contribution < 1.29 is 18.7 Å². The van der Waals surface area contributed by atoms with Crippen LogP contribution in [-0.2, 0) is 4.79 Å². The van der Waals surface area contributed by atoms with Crippen LogP contribution in [-0.4, -0.2) is 18.5 Å². The Morgan fingerprint density at radius 1 is 1.33 bits per heavy atom. The van der Waals surface area contributed by atoms with Crippen LogP contribution >= 0.6 is 0 Å². The first-order valence-electron chi connectivity index (χ1n) is 4.05. The molecule has 6 heteroatoms. The molecule has 0 saturated carbocycles. The first kappa shape index (κ1) is 11.0. The monoisotopic (exact) mass is 212 g/mol. The van der Waals surface area contributed by atoms with Gasteiger partial charge in [0.2, 0.25) is 0 Å². The summed E-state index contributed by atoms with van der Waals surface area (Å²) in [5, 5.41) is 1.83. The van der Waals surface area contributed by atoms with E-state index < -0.39 is 17.8 Å². The van der Waals surface area contributed by atoms with E-state index >= 15 is 0 Å². The smallest absolute Gasteiger partial charge is 0.318 e. The molecule has 0 heterocycles. The predicted octanol–water partition coefficient (Wildman–Crippen LogP) is 0.399. The molecule has 15 heavy (non-hydrogen) atoms. The Hall–Kier alpha value is -2.11. The molecule has 5 nitrogen and oxygen atoms in total. The molecule has 3 amide bonds. The number of imide groups is 1. The van der Waals surface area contributed by atoms with Crippen molar-refractivity contribution in [2.75, 3.05) is 6.61 Å². The summed E-state index contributed by atoms with van der Waals surface area (Å²) < 4.78 is 17.4. The minimum absolute atomic E-state index is 0.330. The van der Waals surface area contributed by atoms with Crippen LogP contribution in [0.4, 0.5) is 9.18 Å². The minimum atomic E-state index is -0.942. The summed E-state index contributed by atoms with van der Waals surface area (Å²) in [6.45, 7) is -0.353. The van der Waals surface area contributed by atoms with Gasteiger partial charge in [-0.1, -0.05) is 0 Å². The second-order valence-corrected chi connectivity index (χ2v) is 2.66. The molecule has 0 aromatic heterocycles. The molecule has 0 aliphatic rings. The number of carbonyl (C=O) groups is 2. The Kier molecular flexibility index (Phi) is 3.61. The molecule has 0 radical (unpaired) electrons. The highest BCUT2D eigenvalue weighted by atomic mass is 19.1. The zero-order valence-electron chi connectivity index (χ0n) is 7.70. The molecule has 0 spiro atoms. The topological polar surface area (TPSA) is 81.4 Å². The van der Waals surface area contributed by atoms with Gasteiger partial charge in [0, 0.05) is 0 Å². The molecular formula is C9H9FN2O3. The highest BCUT2D eigenvalue weighted by Crippen LogP contribution is 2.10. The number of nitrogens with two attached hydrogens (primary N) is 1. The summed E-state index contributed by atoms with van der Waals surface area (Å²) in [6.07, 6.45) is 0. The average molecular weight is 212 g/mol. The molecule has 1 rings (SSSR count). The van der Waals surface area contributed by atoms with Gasteiger partial charge in [0.15, 0.2) is 6.61 Å². The minimum Gasteiger partial charge on any atom is -0.484 e. The van der Waals surface area contributed by atoms with Gasteiger partial charge in [0.25, 0.3) is 5.91 Å². The summed E-state index contributed by atoms with van der Waals surface area (Å²) in [7, 11) is 0. The van der Waals surface area contributed by atoms with Crippen LogP contribution in [0.3, 0.4) is 0 Å². The number of hydrogen-bond acceptors (Lipinski definition) is 3. The van der Waals surface area contributed by atoms with E-state index in [1.165, 1.54) is 24.3 Å². The Morgan fingerprint density at radius 3 is 2.47 bits per heavy atom. The molecular weight excluding hydrogens is 203 g/mol. The Morgan fingerprint density at radius 2 is 1.93 bits per heavy atom. The molecule has 1 aromatic carbocycles. The van der Waals surface area contributed by atoms with E-state index in [9.17, 15) is 14.0 Å². The second kappa shape index (κ2) is 4.94. The number of benzene rings is 1. The van der Waals surface area contributed by atoms with Crippen molar-refractivity contribution in [3.63, 3.8) is 0 Å². The van der Waals surface area contributed by atoms with Gasteiger partial charge in [-0.2, -0.15) is 0 Å². The van der Waals surface area contributed by atoms with Crippen LogP contribution in [0.1, 0.15) is 0 Å². The molecule has 0 aliphatic carbocycles. The first-order chi connectivity index (χ1) is 7.08. The van der Waals surface area contributed by atoms with E-state index in [1.54, 1.807) is 0 Å². The Balaban J connectivity index is 2.40. The molecule has 0 unspecified atom stereocenters. The van der Waals surface area contributed by atoms with Crippen LogP contribution in [0.2, 0.25) is 0 Å². The summed E-state index contributed by atoms with van der Waals surface area (Å²) in [4.78, 5) is 21.1. The number of carbonyl (C=O) groups excluding carboxylic acids is 2. The molecule has 3 N–H and O–H groups in total. The lowest BCUT2D eigenvalue weighted by Crippen LogP contribution is -2.38. The number of hydrogen-bond donors (Lipinski definition) is 2. The maximum Gasteiger partial charge on any atom is 0.318 e. The standard InChI is InChI=1S/C9H9FN2O3/c10-6-1-3-7(4-2-6)15-5-8(13)12-9(11)14/h1-4H,5H2,(H3,11,12,13,14). The van der Waals surface area contributed by atoms with Crippen molar-refractivity contribution in [3.8, 4) is 5.75 Å². The molecule has 0 aliphatic heterocycles. The van der Waals surface area contributed by atoms with E-state index in [2.05, 4.69) is 0 Å². The van der Waals surface area contributed by atoms with Crippen molar-refractivity contribution >= 4 is 11.9 Å². The van der Waals surface area contributed by atoms with Gasteiger partial charge in [-0.15, -0.1) is 0 Å². The first-order valence-corrected chi connectivity index (χ1v) is 4.05. The number of rotatable bonds is 3. The summed E-state index contributed by atoms with van der Waals surface area (Å²) in [6, 6.07) is 4.19. The molecule has 0 atom stereocenters. The van der Waals surface area contributed by atoms with Crippen LogP contribution in [0, 0.1) is 5.82 Å². The predicted molar refractivity (Wildman–Crippen MR) is 49.6 cm³/mol. The Bertz CT molecular complexity index is 364. The van der Waals surface area contributed by atoms with Crippen molar-refractivity contribution in [1.82, 2.24) is 5.32 Å². The van der Waals surface area contributed by atoms with E-state index in [0.29, 0.717) is 5.75 Å². The number of amides is 3. The molecule has 0 saturated heterocycles. The third kappa shape index (κ3) is 4.08. The number of ether oxygens (including phenoxy) is 1. The van der Waals surface area contributed by atoms with E-state index in [1.807, 2.05) is 5.32 Å². The zero-order valence-corrected chi connectivity index (χ0v) is 7.70. The average Bonchev–Trinajstić information content (AvgIpc) is 2.16. The van der Waals surface area contributed by atoms with Gasteiger partial charge in [-0.05, 0) is 24.3 Å². The highest BCUT2D eigenvalue weighted by Gasteiger charge is 2.04. The van der Waals surface area contributed by atoms with Crippen LogP contribution in [0.25, 0.3) is 0 Å². The van der Waals surface area contributed by atoms with Gasteiger partial charge in [0.05, 0.1) is 0 Å². The van der Waals surface area contributed by atoms with Crippen molar-refractivity contribution in [1.29, 1.82) is 0 Å². The van der Waals surface area contributed by atoms with Gasteiger partial charge in [-0.25, -0.2) is 9.18 Å². The zero-order chi connectivity index (χ0) is 11.3. The fourth-order valence-electron chi connectivity index (χ4n) is 0.853. The lowest BCUT2D eigenvalue weighted by Gasteiger charge is -2.04. The summed E-state index contributed by atoms with van der Waals surface area (Å²) in [5.74, 6) is -0.730. The normalized spacial score (nSPS) is 9.40. The van der Waals surface area contributed by atoms with Crippen molar-refractivity contribution in [3.05, 3.63) is 30.1 Å². The highest BCUT2D eigenvalue weighted by molar-refractivity contribution is 5.94. The number of urea groups is 1. The lowest BCUT2D eigenvalue weighted by atomic mass is 10.3. The largest absolute Gasteiger partial charge is 0.484 e. The van der Waals surface area contributed by atoms with Crippen molar-refractivity contribution in [2.24, 2.45) is 5.73 Å². The lowest BCUT2D eigenvalue weighted by molar-refractivity contribution is -0.121. The van der Waals surface area contributed by atoms with Crippen LogP contribution in [0.15, 0.2) is 24.3 Å².